The van der Waals surface area contributed by atoms with Crippen LogP contribution in [-0.2, 0) is 19.6 Å². The van der Waals surface area contributed by atoms with E-state index in [0.29, 0.717) is 29.9 Å². The number of rotatable bonds is 6. The molecule has 10 heteroatoms. The van der Waals surface area contributed by atoms with Crippen molar-refractivity contribution in [3.8, 4) is 0 Å². The van der Waals surface area contributed by atoms with E-state index in [1.54, 1.807) is 32.1 Å². The molecule has 0 aliphatic heterocycles. The summed E-state index contributed by atoms with van der Waals surface area (Å²) in [7, 11) is -3.91. The maximum atomic E-state index is 12.6. The van der Waals surface area contributed by atoms with E-state index < -0.39 is 33.7 Å². The number of hydrogen-bond donors (Lipinski definition) is 3. The lowest BCUT2D eigenvalue weighted by Gasteiger charge is -2.24. The van der Waals surface area contributed by atoms with Crippen molar-refractivity contribution in [3.63, 3.8) is 0 Å². The highest BCUT2D eigenvalue weighted by atomic mass is 32.2. The van der Waals surface area contributed by atoms with E-state index in [0.717, 1.165) is 0 Å². The number of aliphatic carboxylic acids is 1. The number of hydrogen-bond acceptors (Lipinski definition) is 6. The number of carboxylic acids is 1. The number of allylic oxidation sites excluding steroid dienone is 2. The van der Waals surface area contributed by atoms with Gasteiger partial charge in [0.1, 0.15) is 0 Å². The Hall–Kier alpha value is -3.27. The molecule has 1 aliphatic rings. The summed E-state index contributed by atoms with van der Waals surface area (Å²) in [6.07, 6.45) is 4.20. The molecule has 1 aromatic carbocycles. The van der Waals surface area contributed by atoms with E-state index >= 15 is 0 Å². The number of benzene rings is 1. The zero-order chi connectivity index (χ0) is 21.9. The average Bonchev–Trinajstić information content (AvgIpc) is 2.67. The molecule has 0 spiro atoms. The third-order valence-corrected chi connectivity index (χ3v) is 6.07. The SMILES string of the molecule is Cc1cc(C)nc(NS(=O)(=O)c2ccc(NC(=O)[C@H]3CC=CC[C@H]3C(=O)O)cc2)n1. The van der Waals surface area contributed by atoms with Crippen molar-refractivity contribution in [2.75, 3.05) is 10.0 Å². The summed E-state index contributed by atoms with van der Waals surface area (Å²) in [6, 6.07) is 7.31. The maximum Gasteiger partial charge on any atom is 0.307 e. The molecule has 1 heterocycles. The van der Waals surface area contributed by atoms with Crippen molar-refractivity contribution in [1.29, 1.82) is 0 Å². The van der Waals surface area contributed by atoms with E-state index in [4.69, 9.17) is 0 Å². The number of aryl methyl sites for hydroxylation is 2. The predicted molar refractivity (Wildman–Crippen MR) is 110 cm³/mol. The lowest BCUT2D eigenvalue weighted by Crippen LogP contribution is -2.34. The van der Waals surface area contributed by atoms with Crippen LogP contribution in [0.15, 0.2) is 47.4 Å². The molecule has 0 saturated heterocycles. The van der Waals surface area contributed by atoms with E-state index in [1.165, 1.54) is 24.3 Å². The van der Waals surface area contributed by atoms with Gasteiger partial charge in [0.15, 0.2) is 0 Å². The zero-order valence-electron chi connectivity index (χ0n) is 16.5. The van der Waals surface area contributed by atoms with Crippen molar-refractivity contribution in [1.82, 2.24) is 9.97 Å². The van der Waals surface area contributed by atoms with Gasteiger partial charge in [-0.2, -0.15) is 0 Å². The molecule has 0 fully saturated rings. The quantitative estimate of drug-likeness (QED) is 0.599. The highest BCUT2D eigenvalue weighted by molar-refractivity contribution is 7.92. The molecular formula is C20H22N4O5S. The molecule has 0 unspecified atom stereocenters. The molecule has 9 nitrogen and oxygen atoms in total. The van der Waals surface area contributed by atoms with Gasteiger partial charge in [-0.3, -0.25) is 9.59 Å². The second kappa shape index (κ2) is 8.62. The van der Waals surface area contributed by atoms with Gasteiger partial charge >= 0.3 is 5.97 Å². The molecular weight excluding hydrogens is 408 g/mol. The van der Waals surface area contributed by atoms with Crippen LogP contribution in [0.4, 0.5) is 11.6 Å². The highest BCUT2D eigenvalue weighted by Gasteiger charge is 2.34. The zero-order valence-corrected chi connectivity index (χ0v) is 17.3. The van der Waals surface area contributed by atoms with Crippen LogP contribution in [-0.4, -0.2) is 35.4 Å². The van der Waals surface area contributed by atoms with Crippen molar-refractivity contribution >= 4 is 33.5 Å². The standard InChI is InChI=1S/C20H22N4O5S/c1-12-11-13(2)22-20(21-12)24-30(28,29)15-9-7-14(8-10-15)23-18(25)16-5-3-4-6-17(16)19(26)27/h3-4,7-11,16-17H,5-6H2,1-2H3,(H,23,25)(H,26,27)(H,21,22,24)/t16-,17+/m0/s1. The molecule has 3 rings (SSSR count). The Morgan fingerprint density at radius 3 is 2.13 bits per heavy atom. The third kappa shape index (κ3) is 5.01. The minimum Gasteiger partial charge on any atom is -0.481 e. The Kier molecular flexibility index (Phi) is 6.16. The molecule has 2 atom stereocenters. The van der Waals surface area contributed by atoms with Crippen LogP contribution >= 0.6 is 0 Å². The number of amides is 1. The third-order valence-electron chi connectivity index (χ3n) is 4.73. The molecule has 0 radical (unpaired) electrons. The van der Waals surface area contributed by atoms with Crippen molar-refractivity contribution in [2.24, 2.45) is 11.8 Å². The van der Waals surface area contributed by atoms with Crippen LogP contribution in [0.2, 0.25) is 0 Å². The normalized spacial score (nSPS) is 18.6. The lowest BCUT2D eigenvalue weighted by molar-refractivity contribution is -0.146. The van der Waals surface area contributed by atoms with Crippen LogP contribution < -0.4 is 10.0 Å². The Morgan fingerprint density at radius 2 is 1.57 bits per heavy atom. The highest BCUT2D eigenvalue weighted by Crippen LogP contribution is 2.27. The van der Waals surface area contributed by atoms with Crippen LogP contribution in [0.5, 0.6) is 0 Å². The fourth-order valence-electron chi connectivity index (χ4n) is 3.28. The van der Waals surface area contributed by atoms with Gasteiger partial charge in [-0.1, -0.05) is 12.2 Å². The summed E-state index contributed by atoms with van der Waals surface area (Å²) in [5, 5.41) is 12.0. The van der Waals surface area contributed by atoms with Gasteiger partial charge in [-0.05, 0) is 57.0 Å². The summed E-state index contributed by atoms with van der Waals surface area (Å²) >= 11 is 0. The van der Waals surface area contributed by atoms with Crippen LogP contribution in [0.25, 0.3) is 0 Å². The van der Waals surface area contributed by atoms with E-state index in [1.807, 2.05) is 0 Å². The lowest BCUT2D eigenvalue weighted by atomic mass is 9.82. The monoisotopic (exact) mass is 430 g/mol. The first-order valence-corrected chi connectivity index (χ1v) is 10.8. The number of carboxylic acid groups (broad SMARTS) is 1. The molecule has 2 aromatic rings. The van der Waals surface area contributed by atoms with Crippen molar-refractivity contribution in [3.05, 3.63) is 53.9 Å². The minimum absolute atomic E-state index is 0.0186. The largest absolute Gasteiger partial charge is 0.481 e. The maximum absolute atomic E-state index is 12.6. The average molecular weight is 430 g/mol. The molecule has 1 aromatic heterocycles. The molecule has 0 saturated carbocycles. The predicted octanol–water partition coefficient (Wildman–Crippen LogP) is 2.50. The summed E-state index contributed by atoms with van der Waals surface area (Å²) in [5.41, 5.74) is 1.64. The van der Waals surface area contributed by atoms with Crippen LogP contribution in [0, 0.1) is 25.7 Å². The van der Waals surface area contributed by atoms with Crippen LogP contribution in [0.3, 0.4) is 0 Å². The first kappa shape index (κ1) is 21.4. The van der Waals surface area contributed by atoms with Crippen molar-refractivity contribution in [2.45, 2.75) is 31.6 Å². The Balaban J connectivity index is 1.71. The van der Waals surface area contributed by atoms with Crippen molar-refractivity contribution < 1.29 is 23.1 Å². The molecule has 1 aliphatic carbocycles. The van der Waals surface area contributed by atoms with Gasteiger partial charge in [0.05, 0.1) is 16.7 Å². The first-order valence-electron chi connectivity index (χ1n) is 9.29. The fourth-order valence-corrected chi connectivity index (χ4v) is 4.22. The number of nitrogens with one attached hydrogen (secondary N) is 2. The number of sulfonamides is 1. The first-order chi connectivity index (χ1) is 14.2. The number of aromatic nitrogens is 2. The second-order valence-electron chi connectivity index (χ2n) is 7.09. The number of nitrogens with zero attached hydrogens (tertiary/aromatic N) is 2. The number of carbonyl (C=O) groups is 2. The Morgan fingerprint density at radius 1 is 1.00 bits per heavy atom. The number of carbonyl (C=O) groups excluding carboxylic acids is 1. The van der Waals surface area contributed by atoms with E-state index in [2.05, 4.69) is 20.0 Å². The van der Waals surface area contributed by atoms with E-state index in [9.17, 15) is 23.1 Å². The van der Waals surface area contributed by atoms with Gasteiger partial charge < -0.3 is 10.4 Å². The molecule has 158 valence electrons. The number of anilines is 2. The van der Waals surface area contributed by atoms with Gasteiger partial charge in [0.2, 0.25) is 11.9 Å². The fraction of sp³-hybridized carbons (Fsp3) is 0.300. The van der Waals surface area contributed by atoms with Crippen LogP contribution in [0.1, 0.15) is 24.2 Å². The molecule has 0 bridgehead atoms. The topological polar surface area (TPSA) is 138 Å². The summed E-state index contributed by atoms with van der Waals surface area (Å²) < 4.78 is 27.5. The molecule has 30 heavy (non-hydrogen) atoms. The second-order valence-corrected chi connectivity index (χ2v) is 8.77. The van der Waals surface area contributed by atoms with E-state index in [-0.39, 0.29) is 10.8 Å². The molecule has 1 amide bonds. The van der Waals surface area contributed by atoms with Gasteiger partial charge in [-0.25, -0.2) is 23.1 Å². The molecule has 3 N–H and O–H groups in total. The Labute approximate surface area is 174 Å². The van der Waals surface area contributed by atoms with Gasteiger partial charge in [0.25, 0.3) is 10.0 Å². The summed E-state index contributed by atoms with van der Waals surface area (Å²) in [6.45, 7) is 3.47. The summed E-state index contributed by atoms with van der Waals surface area (Å²) in [4.78, 5) is 32.0. The Bertz CT molecular complexity index is 1080. The van der Waals surface area contributed by atoms with Gasteiger partial charge in [0, 0.05) is 17.1 Å². The summed E-state index contributed by atoms with van der Waals surface area (Å²) in [5.74, 6) is -2.91. The smallest absolute Gasteiger partial charge is 0.307 e. The van der Waals surface area contributed by atoms with Gasteiger partial charge in [-0.15, -0.1) is 0 Å². The minimum atomic E-state index is -3.91.